The first kappa shape index (κ1) is 25.8. The van der Waals surface area contributed by atoms with Gasteiger partial charge in [-0.2, -0.15) is 5.10 Å². The highest BCUT2D eigenvalue weighted by atomic mass is 16.5. The van der Waals surface area contributed by atoms with Gasteiger partial charge in [-0.3, -0.25) is 14.5 Å². The second-order valence-electron chi connectivity index (χ2n) is 9.86. The number of fused-ring (bicyclic) bond motifs is 1. The Hall–Kier alpha value is -3.33. The Bertz CT molecular complexity index is 1200. The lowest BCUT2D eigenvalue weighted by Crippen LogP contribution is -2.35. The number of carbonyl (C=O) groups excluding carboxylic acids is 2. The van der Waals surface area contributed by atoms with Gasteiger partial charge < -0.3 is 9.64 Å². The normalized spacial score (nSPS) is 15.9. The summed E-state index contributed by atoms with van der Waals surface area (Å²) in [5.41, 5.74) is 3.76. The Kier molecular flexibility index (Phi) is 8.30. The van der Waals surface area contributed by atoms with Gasteiger partial charge in [0, 0.05) is 31.8 Å². The molecule has 1 atom stereocenters. The number of ether oxygens (including phenoxy) is 1. The molecular weight excluding hydrogens is 456 g/mol. The molecule has 0 bridgehead atoms. The fraction of sp³-hybridized carbons (Fsp3) is 0.519. The zero-order valence-electron chi connectivity index (χ0n) is 21.7. The number of rotatable bonds is 10. The van der Waals surface area contributed by atoms with Crippen molar-refractivity contribution in [3.05, 3.63) is 47.3 Å². The summed E-state index contributed by atoms with van der Waals surface area (Å²) >= 11 is 0. The molecule has 36 heavy (non-hydrogen) atoms. The van der Waals surface area contributed by atoms with Crippen molar-refractivity contribution >= 4 is 29.3 Å². The molecule has 1 aliphatic heterocycles. The van der Waals surface area contributed by atoms with E-state index >= 15 is 0 Å². The SMILES string of the molecule is Cc1ccccc1C(=O)N(C=O)CCCN(CC(C)C)c1cnc2c(C)nn(C3CCCCO3)c2n1. The Balaban J connectivity index is 1.51. The third-order valence-electron chi connectivity index (χ3n) is 6.49. The molecule has 9 heteroatoms. The first-order chi connectivity index (χ1) is 17.4. The van der Waals surface area contributed by atoms with E-state index in [2.05, 4.69) is 18.7 Å². The average molecular weight is 493 g/mol. The van der Waals surface area contributed by atoms with Crippen LogP contribution in [0.5, 0.6) is 0 Å². The molecule has 2 aromatic heterocycles. The average Bonchev–Trinajstić information content (AvgIpc) is 3.22. The van der Waals surface area contributed by atoms with Crippen LogP contribution in [-0.2, 0) is 9.53 Å². The standard InChI is InChI=1S/C27H36N6O3/c1-19(2)17-31(13-9-14-32(18-34)27(35)22-11-6-5-10-20(22)3)23-16-28-25-21(4)30-33(26(25)29-23)24-12-7-8-15-36-24/h5-6,10-11,16,18-19,24H,7-9,12-15,17H2,1-4H3. The minimum atomic E-state index is -0.272. The number of aromatic nitrogens is 4. The summed E-state index contributed by atoms with van der Waals surface area (Å²) in [5, 5.41) is 4.69. The molecule has 1 aromatic carbocycles. The Morgan fingerprint density at radius 2 is 2.03 bits per heavy atom. The van der Waals surface area contributed by atoms with Crippen molar-refractivity contribution in [1.82, 2.24) is 24.6 Å². The smallest absolute Gasteiger partial charge is 0.260 e. The van der Waals surface area contributed by atoms with Gasteiger partial charge in [0.1, 0.15) is 11.3 Å². The van der Waals surface area contributed by atoms with Crippen molar-refractivity contribution in [3.63, 3.8) is 0 Å². The molecule has 192 valence electrons. The van der Waals surface area contributed by atoms with Crippen LogP contribution in [0.3, 0.4) is 0 Å². The summed E-state index contributed by atoms with van der Waals surface area (Å²) in [4.78, 5) is 37.7. The minimum absolute atomic E-state index is 0.119. The van der Waals surface area contributed by atoms with Crippen LogP contribution in [0.4, 0.5) is 5.82 Å². The van der Waals surface area contributed by atoms with E-state index in [4.69, 9.17) is 19.8 Å². The minimum Gasteiger partial charge on any atom is -0.356 e. The molecule has 0 aliphatic carbocycles. The molecular formula is C27H36N6O3. The predicted octanol–water partition coefficient (Wildman–Crippen LogP) is 4.29. The molecule has 0 spiro atoms. The molecule has 1 saturated heterocycles. The van der Waals surface area contributed by atoms with Gasteiger partial charge in [0.25, 0.3) is 5.91 Å². The summed E-state index contributed by atoms with van der Waals surface area (Å²) in [7, 11) is 0. The van der Waals surface area contributed by atoms with E-state index in [1.54, 1.807) is 12.3 Å². The molecule has 1 fully saturated rings. The quantitative estimate of drug-likeness (QED) is 0.390. The topological polar surface area (TPSA) is 93.5 Å². The number of anilines is 1. The van der Waals surface area contributed by atoms with Crippen molar-refractivity contribution < 1.29 is 14.3 Å². The van der Waals surface area contributed by atoms with Gasteiger partial charge in [0.15, 0.2) is 11.9 Å². The van der Waals surface area contributed by atoms with Gasteiger partial charge in [0.2, 0.25) is 6.41 Å². The van der Waals surface area contributed by atoms with Gasteiger partial charge in [0.05, 0.1) is 11.9 Å². The largest absolute Gasteiger partial charge is 0.356 e. The number of hydrogen-bond donors (Lipinski definition) is 0. The molecule has 1 unspecified atom stereocenters. The van der Waals surface area contributed by atoms with Crippen LogP contribution in [-0.4, -0.2) is 63.2 Å². The third-order valence-corrected chi connectivity index (χ3v) is 6.49. The highest BCUT2D eigenvalue weighted by molar-refractivity contribution is 6.00. The van der Waals surface area contributed by atoms with E-state index in [0.717, 1.165) is 60.7 Å². The van der Waals surface area contributed by atoms with Crippen LogP contribution in [0.1, 0.15) is 67.4 Å². The first-order valence-corrected chi connectivity index (χ1v) is 12.8. The fourth-order valence-corrected chi connectivity index (χ4v) is 4.65. The van der Waals surface area contributed by atoms with Crippen molar-refractivity contribution in [3.8, 4) is 0 Å². The van der Waals surface area contributed by atoms with Crippen molar-refractivity contribution in [2.24, 2.45) is 5.92 Å². The predicted molar refractivity (Wildman–Crippen MR) is 139 cm³/mol. The number of imide groups is 1. The molecule has 0 N–H and O–H groups in total. The Labute approximate surface area is 212 Å². The van der Waals surface area contributed by atoms with Crippen LogP contribution in [0.25, 0.3) is 11.2 Å². The van der Waals surface area contributed by atoms with Crippen LogP contribution in [0.15, 0.2) is 30.5 Å². The number of carbonyl (C=O) groups is 2. The summed E-state index contributed by atoms with van der Waals surface area (Å²) in [6.45, 7) is 10.6. The highest BCUT2D eigenvalue weighted by Gasteiger charge is 2.23. The lowest BCUT2D eigenvalue weighted by Gasteiger charge is -2.27. The number of hydrogen-bond acceptors (Lipinski definition) is 7. The lowest BCUT2D eigenvalue weighted by atomic mass is 10.1. The summed E-state index contributed by atoms with van der Waals surface area (Å²) in [6, 6.07) is 7.32. The first-order valence-electron chi connectivity index (χ1n) is 12.8. The Morgan fingerprint density at radius 3 is 2.72 bits per heavy atom. The maximum Gasteiger partial charge on any atom is 0.260 e. The summed E-state index contributed by atoms with van der Waals surface area (Å²) in [6.07, 6.45) is 6.00. The molecule has 4 rings (SSSR count). The van der Waals surface area contributed by atoms with E-state index in [-0.39, 0.29) is 12.1 Å². The van der Waals surface area contributed by atoms with Gasteiger partial charge in [-0.15, -0.1) is 0 Å². The van der Waals surface area contributed by atoms with E-state index in [1.807, 2.05) is 36.7 Å². The van der Waals surface area contributed by atoms with E-state index in [9.17, 15) is 9.59 Å². The number of aryl methyl sites for hydroxylation is 2. The van der Waals surface area contributed by atoms with E-state index in [0.29, 0.717) is 37.4 Å². The molecule has 3 heterocycles. The number of amides is 2. The van der Waals surface area contributed by atoms with Crippen LogP contribution in [0, 0.1) is 19.8 Å². The molecule has 0 saturated carbocycles. The zero-order valence-corrected chi connectivity index (χ0v) is 21.7. The number of nitrogens with zero attached hydrogens (tertiary/aromatic N) is 6. The van der Waals surface area contributed by atoms with Crippen LogP contribution in [0.2, 0.25) is 0 Å². The molecule has 1 aliphatic rings. The number of benzene rings is 1. The van der Waals surface area contributed by atoms with Gasteiger partial charge in [-0.25, -0.2) is 14.6 Å². The van der Waals surface area contributed by atoms with Gasteiger partial charge in [-0.05, 0) is 57.1 Å². The Morgan fingerprint density at radius 1 is 1.22 bits per heavy atom. The zero-order chi connectivity index (χ0) is 25.7. The van der Waals surface area contributed by atoms with Crippen LogP contribution >= 0.6 is 0 Å². The molecule has 0 radical (unpaired) electrons. The summed E-state index contributed by atoms with van der Waals surface area (Å²) < 4.78 is 7.85. The second-order valence-corrected chi connectivity index (χ2v) is 9.86. The highest BCUT2D eigenvalue weighted by Crippen LogP contribution is 2.27. The van der Waals surface area contributed by atoms with Gasteiger partial charge in [-0.1, -0.05) is 32.0 Å². The maximum absolute atomic E-state index is 12.9. The molecule has 2 amide bonds. The fourth-order valence-electron chi connectivity index (χ4n) is 4.65. The van der Waals surface area contributed by atoms with E-state index < -0.39 is 0 Å². The van der Waals surface area contributed by atoms with Gasteiger partial charge >= 0.3 is 0 Å². The van der Waals surface area contributed by atoms with Crippen LogP contribution < -0.4 is 4.90 Å². The molecule has 9 nitrogen and oxygen atoms in total. The summed E-state index contributed by atoms with van der Waals surface area (Å²) in [5.74, 6) is 0.884. The lowest BCUT2D eigenvalue weighted by molar-refractivity contribution is -0.116. The second kappa shape index (κ2) is 11.6. The third kappa shape index (κ3) is 5.73. The van der Waals surface area contributed by atoms with Crippen molar-refractivity contribution in [2.75, 3.05) is 31.1 Å². The van der Waals surface area contributed by atoms with Crippen molar-refractivity contribution in [2.45, 2.75) is 59.6 Å². The van der Waals surface area contributed by atoms with Crippen molar-refractivity contribution in [1.29, 1.82) is 0 Å². The monoisotopic (exact) mass is 492 g/mol. The molecule has 3 aromatic rings. The maximum atomic E-state index is 12.9. The van der Waals surface area contributed by atoms with E-state index in [1.165, 1.54) is 4.90 Å².